The number of hydrogen-bond donors (Lipinski definition) is 1. The molecule has 2 aromatic heterocycles. The highest BCUT2D eigenvalue weighted by Gasteiger charge is 2.29. The minimum atomic E-state index is 0.464. The van der Waals surface area contributed by atoms with Crippen molar-refractivity contribution in [2.45, 2.75) is 45.4 Å². The number of pyridine rings is 1. The maximum absolute atomic E-state index is 5.58. The minimum absolute atomic E-state index is 0.464. The third kappa shape index (κ3) is 2.51. The maximum atomic E-state index is 5.58. The molecule has 0 saturated heterocycles. The van der Waals surface area contributed by atoms with E-state index in [4.69, 9.17) is 4.74 Å². The van der Waals surface area contributed by atoms with Crippen molar-refractivity contribution in [3.8, 4) is 0 Å². The monoisotopic (exact) mass is 259 g/mol. The van der Waals surface area contributed by atoms with Crippen molar-refractivity contribution in [3.63, 3.8) is 0 Å². The summed E-state index contributed by atoms with van der Waals surface area (Å²) in [6, 6.07) is 6.71. The van der Waals surface area contributed by atoms with E-state index >= 15 is 0 Å². The number of rotatable bonds is 5. The van der Waals surface area contributed by atoms with Crippen LogP contribution >= 0.6 is 0 Å². The molecule has 0 amide bonds. The van der Waals surface area contributed by atoms with Gasteiger partial charge in [-0.05, 0) is 38.8 Å². The highest BCUT2D eigenvalue weighted by atomic mass is 16.5. The Bertz CT molecular complexity index is 558. The number of ether oxygens (including phenoxy) is 1. The van der Waals surface area contributed by atoms with E-state index in [1.807, 2.05) is 18.2 Å². The van der Waals surface area contributed by atoms with Crippen LogP contribution in [0.4, 0.5) is 0 Å². The van der Waals surface area contributed by atoms with Gasteiger partial charge in [-0.3, -0.25) is 0 Å². The molecule has 2 heterocycles. The quantitative estimate of drug-likeness (QED) is 0.895. The molecule has 1 aliphatic rings. The standard InChI is InChI=1S/C15H21N3O/c1-3-19-13-8-12(9-13)16-10-14-11(2)17-15-6-4-5-7-18(14)15/h4-7,12-13,16H,3,8-10H2,1-2H3. The molecule has 4 nitrogen and oxygen atoms in total. The van der Waals surface area contributed by atoms with Crippen LogP contribution in [0.15, 0.2) is 24.4 Å². The van der Waals surface area contributed by atoms with Gasteiger partial charge in [0.1, 0.15) is 5.65 Å². The van der Waals surface area contributed by atoms with E-state index in [9.17, 15) is 0 Å². The summed E-state index contributed by atoms with van der Waals surface area (Å²) in [4.78, 5) is 4.58. The normalized spacial score (nSPS) is 22.6. The van der Waals surface area contributed by atoms with Gasteiger partial charge in [-0.2, -0.15) is 0 Å². The Morgan fingerprint density at radius 3 is 3.05 bits per heavy atom. The Balaban J connectivity index is 1.62. The second kappa shape index (κ2) is 5.31. The van der Waals surface area contributed by atoms with E-state index in [-0.39, 0.29) is 0 Å². The fourth-order valence-electron chi connectivity index (χ4n) is 2.72. The number of hydrogen-bond acceptors (Lipinski definition) is 3. The lowest BCUT2D eigenvalue weighted by Crippen LogP contribution is -2.45. The van der Waals surface area contributed by atoms with E-state index in [1.165, 1.54) is 5.69 Å². The first-order valence-corrected chi connectivity index (χ1v) is 7.05. The van der Waals surface area contributed by atoms with Crippen LogP contribution < -0.4 is 5.32 Å². The van der Waals surface area contributed by atoms with Crippen molar-refractivity contribution in [2.24, 2.45) is 0 Å². The Morgan fingerprint density at radius 2 is 2.26 bits per heavy atom. The van der Waals surface area contributed by atoms with Gasteiger partial charge < -0.3 is 14.5 Å². The number of nitrogens with one attached hydrogen (secondary N) is 1. The molecular weight excluding hydrogens is 238 g/mol. The van der Waals surface area contributed by atoms with Crippen molar-refractivity contribution in [2.75, 3.05) is 6.61 Å². The number of imidazole rings is 1. The van der Waals surface area contributed by atoms with E-state index in [2.05, 4.69) is 34.7 Å². The van der Waals surface area contributed by atoms with Crippen LogP contribution in [-0.2, 0) is 11.3 Å². The number of nitrogens with zero attached hydrogens (tertiary/aromatic N) is 2. The highest BCUT2D eigenvalue weighted by Crippen LogP contribution is 2.23. The van der Waals surface area contributed by atoms with Crippen molar-refractivity contribution < 1.29 is 4.74 Å². The van der Waals surface area contributed by atoms with Gasteiger partial charge in [0.15, 0.2) is 0 Å². The molecule has 0 aromatic carbocycles. The van der Waals surface area contributed by atoms with Gasteiger partial charge in [0, 0.05) is 25.4 Å². The molecule has 1 N–H and O–H groups in total. The van der Waals surface area contributed by atoms with Crippen LogP contribution in [-0.4, -0.2) is 28.1 Å². The summed E-state index contributed by atoms with van der Waals surface area (Å²) in [6.45, 7) is 5.83. The first-order chi connectivity index (χ1) is 9.28. The zero-order chi connectivity index (χ0) is 13.2. The fourth-order valence-corrected chi connectivity index (χ4v) is 2.72. The molecule has 19 heavy (non-hydrogen) atoms. The topological polar surface area (TPSA) is 38.6 Å². The summed E-state index contributed by atoms with van der Waals surface area (Å²) in [7, 11) is 0. The third-order valence-corrected chi connectivity index (χ3v) is 3.88. The van der Waals surface area contributed by atoms with Gasteiger partial charge in [-0.25, -0.2) is 4.98 Å². The molecule has 0 unspecified atom stereocenters. The lowest BCUT2D eigenvalue weighted by Gasteiger charge is -2.35. The largest absolute Gasteiger partial charge is 0.378 e. The molecule has 1 fully saturated rings. The molecule has 0 atom stereocenters. The van der Waals surface area contributed by atoms with E-state index in [1.54, 1.807) is 0 Å². The van der Waals surface area contributed by atoms with Crippen LogP contribution in [0, 0.1) is 6.92 Å². The zero-order valence-corrected chi connectivity index (χ0v) is 11.6. The molecule has 0 radical (unpaired) electrons. The first kappa shape index (κ1) is 12.6. The molecule has 0 spiro atoms. The van der Waals surface area contributed by atoms with Gasteiger partial charge in [-0.1, -0.05) is 6.07 Å². The van der Waals surface area contributed by atoms with Gasteiger partial charge in [0.2, 0.25) is 0 Å². The van der Waals surface area contributed by atoms with E-state index in [0.29, 0.717) is 12.1 Å². The van der Waals surface area contributed by atoms with Gasteiger partial charge in [0.25, 0.3) is 0 Å². The minimum Gasteiger partial charge on any atom is -0.378 e. The predicted octanol–water partition coefficient (Wildman–Crippen LogP) is 2.30. The average Bonchev–Trinajstić information content (AvgIpc) is 2.68. The van der Waals surface area contributed by atoms with Gasteiger partial charge in [0.05, 0.1) is 17.5 Å². The molecular formula is C15H21N3O. The average molecular weight is 259 g/mol. The molecule has 0 bridgehead atoms. The second-order valence-electron chi connectivity index (χ2n) is 5.20. The Hall–Kier alpha value is -1.39. The smallest absolute Gasteiger partial charge is 0.137 e. The maximum Gasteiger partial charge on any atom is 0.137 e. The molecule has 1 saturated carbocycles. The van der Waals surface area contributed by atoms with Crippen LogP contribution in [0.5, 0.6) is 0 Å². The molecule has 4 heteroatoms. The number of fused-ring (bicyclic) bond motifs is 1. The van der Waals surface area contributed by atoms with Crippen molar-refractivity contribution in [3.05, 3.63) is 35.8 Å². The number of aromatic nitrogens is 2. The molecule has 102 valence electrons. The summed E-state index contributed by atoms with van der Waals surface area (Å²) >= 11 is 0. The lowest BCUT2D eigenvalue weighted by atomic mass is 9.89. The van der Waals surface area contributed by atoms with Crippen LogP contribution in [0.3, 0.4) is 0 Å². The van der Waals surface area contributed by atoms with Gasteiger partial charge in [-0.15, -0.1) is 0 Å². The molecule has 0 aliphatic heterocycles. The lowest BCUT2D eigenvalue weighted by molar-refractivity contribution is -0.0103. The fraction of sp³-hybridized carbons (Fsp3) is 0.533. The van der Waals surface area contributed by atoms with Crippen molar-refractivity contribution in [1.29, 1.82) is 0 Å². The molecule has 3 rings (SSSR count). The predicted molar refractivity (Wildman–Crippen MR) is 75.2 cm³/mol. The summed E-state index contributed by atoms with van der Waals surface area (Å²) < 4.78 is 7.75. The molecule has 2 aromatic rings. The summed E-state index contributed by atoms with van der Waals surface area (Å²) in [6.07, 6.45) is 4.80. The first-order valence-electron chi connectivity index (χ1n) is 7.05. The Morgan fingerprint density at radius 1 is 1.42 bits per heavy atom. The highest BCUT2D eigenvalue weighted by molar-refractivity contribution is 5.42. The van der Waals surface area contributed by atoms with Crippen LogP contribution in [0.2, 0.25) is 0 Å². The third-order valence-electron chi connectivity index (χ3n) is 3.88. The summed E-state index contributed by atoms with van der Waals surface area (Å²) in [5.74, 6) is 0. The van der Waals surface area contributed by atoms with E-state index in [0.717, 1.165) is 37.3 Å². The van der Waals surface area contributed by atoms with Crippen molar-refractivity contribution >= 4 is 5.65 Å². The van der Waals surface area contributed by atoms with Gasteiger partial charge >= 0.3 is 0 Å². The Kier molecular flexibility index (Phi) is 3.53. The zero-order valence-electron chi connectivity index (χ0n) is 11.6. The second-order valence-corrected chi connectivity index (χ2v) is 5.20. The SMILES string of the molecule is CCOC1CC(NCc2c(C)nc3ccccn23)C1. The van der Waals surface area contributed by atoms with E-state index < -0.39 is 0 Å². The Labute approximate surface area is 113 Å². The molecule has 1 aliphatic carbocycles. The van der Waals surface area contributed by atoms with Crippen LogP contribution in [0.25, 0.3) is 5.65 Å². The number of aryl methyl sites for hydroxylation is 1. The van der Waals surface area contributed by atoms with Crippen molar-refractivity contribution in [1.82, 2.24) is 14.7 Å². The summed E-state index contributed by atoms with van der Waals surface area (Å²) in [5.41, 5.74) is 3.40. The van der Waals surface area contributed by atoms with Crippen LogP contribution in [0.1, 0.15) is 31.2 Å². The summed E-state index contributed by atoms with van der Waals surface area (Å²) in [5, 5.41) is 3.60.